The Kier molecular flexibility index (Phi) is 15.7. The average molecular weight is 313 g/mol. The van der Waals surface area contributed by atoms with Gasteiger partial charge < -0.3 is 5.11 Å². The van der Waals surface area contributed by atoms with Crippen molar-refractivity contribution in [2.75, 3.05) is 0 Å². The van der Waals surface area contributed by atoms with E-state index in [1.165, 1.54) is 44.9 Å². The highest BCUT2D eigenvalue weighted by Crippen LogP contribution is 2.16. The third kappa shape index (κ3) is 15.5. The number of nitroso groups, excluding NO2 is 1. The number of carboxylic acid groups (broad SMARTS) is 1. The van der Waals surface area contributed by atoms with Crippen LogP contribution in [0.2, 0.25) is 0 Å². The van der Waals surface area contributed by atoms with E-state index in [0.29, 0.717) is 6.42 Å². The number of nitrogens with zero attached hydrogens (tertiary/aromatic N) is 1. The molecule has 1 N–H and O–H groups in total. The van der Waals surface area contributed by atoms with Crippen molar-refractivity contribution in [3.05, 3.63) is 4.91 Å². The maximum absolute atomic E-state index is 10.8. The highest BCUT2D eigenvalue weighted by Gasteiger charge is 2.07. The first-order valence-electron chi connectivity index (χ1n) is 9.25. The van der Waals surface area contributed by atoms with Gasteiger partial charge in [-0.15, -0.1) is 0 Å². The predicted octanol–water partition coefficient (Wildman–Crippen LogP) is 6.08. The Morgan fingerprint density at radius 3 is 1.73 bits per heavy atom. The van der Waals surface area contributed by atoms with E-state index in [9.17, 15) is 9.70 Å². The second kappa shape index (κ2) is 16.4. The molecule has 4 nitrogen and oxygen atoms in total. The topological polar surface area (TPSA) is 66.7 Å². The lowest BCUT2D eigenvalue weighted by Gasteiger charge is -2.08. The molecule has 130 valence electrons. The molecule has 1 unspecified atom stereocenters. The Bertz CT molecular complexity index is 269. The number of hydrogen-bond acceptors (Lipinski definition) is 3. The van der Waals surface area contributed by atoms with Crippen LogP contribution in [0.15, 0.2) is 5.18 Å². The molecule has 0 aromatic heterocycles. The van der Waals surface area contributed by atoms with Gasteiger partial charge in [0.05, 0.1) is 6.04 Å². The summed E-state index contributed by atoms with van der Waals surface area (Å²) in [5.41, 5.74) is 0. The first-order chi connectivity index (χ1) is 10.7. The fourth-order valence-electron chi connectivity index (χ4n) is 2.77. The third-order valence-electron chi connectivity index (χ3n) is 4.22. The first-order valence-corrected chi connectivity index (χ1v) is 9.25. The van der Waals surface area contributed by atoms with E-state index >= 15 is 0 Å². The molecule has 0 fully saturated rings. The van der Waals surface area contributed by atoms with Crippen LogP contribution in [0.1, 0.15) is 103 Å². The molecule has 0 aliphatic carbocycles. The Morgan fingerprint density at radius 1 is 0.818 bits per heavy atom. The number of aliphatic carboxylic acids is 1. The quantitative estimate of drug-likeness (QED) is 0.261. The van der Waals surface area contributed by atoms with Crippen molar-refractivity contribution in [3.8, 4) is 0 Å². The number of hydrogen-bond donors (Lipinski definition) is 1. The Hall–Kier alpha value is -0.930. The molecular weight excluding hydrogens is 278 g/mol. The molecule has 0 amide bonds. The van der Waals surface area contributed by atoms with Crippen LogP contribution in [0.3, 0.4) is 0 Å². The molecule has 0 radical (unpaired) electrons. The molecule has 0 spiro atoms. The third-order valence-corrected chi connectivity index (χ3v) is 4.22. The maximum Gasteiger partial charge on any atom is 0.303 e. The van der Waals surface area contributed by atoms with Crippen LogP contribution in [0, 0.1) is 4.91 Å². The van der Waals surface area contributed by atoms with Gasteiger partial charge in [-0.2, -0.15) is 4.91 Å². The van der Waals surface area contributed by atoms with E-state index in [2.05, 4.69) is 12.1 Å². The molecule has 0 aromatic carbocycles. The van der Waals surface area contributed by atoms with Gasteiger partial charge in [0.1, 0.15) is 0 Å². The van der Waals surface area contributed by atoms with E-state index in [1.54, 1.807) is 0 Å². The second-order valence-corrected chi connectivity index (χ2v) is 6.37. The summed E-state index contributed by atoms with van der Waals surface area (Å²) in [5.74, 6) is -0.687. The largest absolute Gasteiger partial charge is 0.481 e. The van der Waals surface area contributed by atoms with E-state index in [0.717, 1.165) is 44.9 Å². The van der Waals surface area contributed by atoms with Crippen molar-refractivity contribution in [1.82, 2.24) is 0 Å². The minimum atomic E-state index is -0.687. The number of carboxylic acids is 1. The van der Waals surface area contributed by atoms with Gasteiger partial charge >= 0.3 is 5.97 Å². The molecule has 0 rings (SSSR count). The van der Waals surface area contributed by atoms with Crippen molar-refractivity contribution < 1.29 is 9.90 Å². The summed E-state index contributed by atoms with van der Waals surface area (Å²) in [5, 5.41) is 11.8. The monoisotopic (exact) mass is 313 g/mol. The average Bonchev–Trinajstić information content (AvgIpc) is 2.50. The van der Waals surface area contributed by atoms with Gasteiger partial charge in [0, 0.05) is 6.42 Å². The zero-order valence-electron chi connectivity index (χ0n) is 14.4. The summed E-state index contributed by atoms with van der Waals surface area (Å²) in [4.78, 5) is 21.1. The Labute approximate surface area is 136 Å². The molecular formula is C18H35NO3. The van der Waals surface area contributed by atoms with E-state index < -0.39 is 5.97 Å². The predicted molar refractivity (Wildman–Crippen MR) is 92.1 cm³/mol. The molecule has 1 atom stereocenters. The molecule has 0 saturated heterocycles. The highest BCUT2D eigenvalue weighted by molar-refractivity contribution is 5.66. The summed E-state index contributed by atoms with van der Waals surface area (Å²) in [6.45, 7) is 2.20. The minimum Gasteiger partial charge on any atom is -0.481 e. The second-order valence-electron chi connectivity index (χ2n) is 6.37. The van der Waals surface area contributed by atoms with Crippen LogP contribution < -0.4 is 0 Å². The first kappa shape index (κ1) is 21.1. The van der Waals surface area contributed by atoms with Crippen LogP contribution >= 0.6 is 0 Å². The van der Waals surface area contributed by atoms with Crippen LogP contribution in [-0.4, -0.2) is 17.1 Å². The zero-order chi connectivity index (χ0) is 16.5. The summed E-state index contributed by atoms with van der Waals surface area (Å²) < 4.78 is 0. The molecule has 0 aliphatic rings. The summed E-state index contributed by atoms with van der Waals surface area (Å²) in [6.07, 6.45) is 16.0. The van der Waals surface area contributed by atoms with Gasteiger partial charge in [0.2, 0.25) is 0 Å². The normalized spacial score (nSPS) is 12.2. The molecule has 0 bridgehead atoms. The van der Waals surface area contributed by atoms with Crippen LogP contribution in [-0.2, 0) is 4.79 Å². The smallest absolute Gasteiger partial charge is 0.303 e. The lowest BCUT2D eigenvalue weighted by Crippen LogP contribution is -2.03. The van der Waals surface area contributed by atoms with E-state index in [4.69, 9.17) is 5.11 Å². The van der Waals surface area contributed by atoms with Gasteiger partial charge in [-0.25, -0.2) is 0 Å². The van der Waals surface area contributed by atoms with E-state index in [-0.39, 0.29) is 6.04 Å². The molecule has 0 heterocycles. The van der Waals surface area contributed by atoms with Crippen molar-refractivity contribution in [2.45, 2.75) is 109 Å². The fraction of sp³-hybridized carbons (Fsp3) is 0.944. The van der Waals surface area contributed by atoms with Crippen molar-refractivity contribution in [2.24, 2.45) is 5.18 Å². The Morgan fingerprint density at radius 2 is 1.27 bits per heavy atom. The standard InChI is InChI=1S/C18H35NO3/c1-2-3-4-11-14-17(19-22)15-12-9-7-5-6-8-10-13-16-18(20)21/h17H,2-16H2,1H3,(H,20,21). The highest BCUT2D eigenvalue weighted by atomic mass is 16.4. The molecule has 0 aliphatic heterocycles. The van der Waals surface area contributed by atoms with Crippen LogP contribution in [0.5, 0.6) is 0 Å². The summed E-state index contributed by atoms with van der Waals surface area (Å²) in [7, 11) is 0. The van der Waals surface area contributed by atoms with Crippen molar-refractivity contribution >= 4 is 5.97 Å². The lowest BCUT2D eigenvalue weighted by molar-refractivity contribution is -0.137. The van der Waals surface area contributed by atoms with Crippen LogP contribution in [0.4, 0.5) is 0 Å². The SMILES string of the molecule is CCCCCCC(CCCCCCCCCCC(=O)O)N=O. The summed E-state index contributed by atoms with van der Waals surface area (Å²) >= 11 is 0. The summed E-state index contributed by atoms with van der Waals surface area (Å²) in [6, 6.07) is 0.0351. The van der Waals surface area contributed by atoms with Gasteiger partial charge in [0.25, 0.3) is 0 Å². The van der Waals surface area contributed by atoms with Crippen molar-refractivity contribution in [1.29, 1.82) is 0 Å². The van der Waals surface area contributed by atoms with E-state index in [1.807, 2.05) is 0 Å². The molecule has 0 aromatic rings. The zero-order valence-corrected chi connectivity index (χ0v) is 14.4. The fourth-order valence-corrected chi connectivity index (χ4v) is 2.77. The number of carbonyl (C=O) groups is 1. The Balaban J connectivity index is 3.28. The lowest BCUT2D eigenvalue weighted by atomic mass is 10.0. The van der Waals surface area contributed by atoms with Crippen molar-refractivity contribution in [3.63, 3.8) is 0 Å². The van der Waals surface area contributed by atoms with Gasteiger partial charge in [-0.3, -0.25) is 4.79 Å². The van der Waals surface area contributed by atoms with Crippen LogP contribution in [0.25, 0.3) is 0 Å². The maximum atomic E-state index is 10.8. The number of rotatable bonds is 17. The van der Waals surface area contributed by atoms with Gasteiger partial charge in [-0.1, -0.05) is 82.7 Å². The molecule has 4 heteroatoms. The molecule has 22 heavy (non-hydrogen) atoms. The van der Waals surface area contributed by atoms with Gasteiger partial charge in [0.15, 0.2) is 0 Å². The number of unbranched alkanes of at least 4 members (excludes halogenated alkanes) is 10. The van der Waals surface area contributed by atoms with Gasteiger partial charge in [-0.05, 0) is 19.3 Å². The molecule has 0 saturated carbocycles. The minimum absolute atomic E-state index is 0.0351.